The number of likely N-dealkylation sites (N-methyl/N-ethyl adjacent to an activating group) is 1. The molecule has 0 atom stereocenters. The number of rotatable bonds is 5. The maximum absolute atomic E-state index is 5.22. The van der Waals surface area contributed by atoms with E-state index in [4.69, 9.17) is 4.74 Å². The maximum Gasteiger partial charge on any atom is 0.0594 e. The van der Waals surface area contributed by atoms with E-state index in [0.29, 0.717) is 0 Å². The molecule has 1 fully saturated rings. The fourth-order valence-electron chi connectivity index (χ4n) is 1.82. The van der Waals surface area contributed by atoms with E-state index >= 15 is 0 Å². The van der Waals surface area contributed by atoms with Crippen molar-refractivity contribution in [2.45, 2.75) is 13.8 Å². The highest BCUT2D eigenvalue weighted by molar-refractivity contribution is 4.61. The molecule has 0 aliphatic carbocycles. The molecule has 0 aromatic carbocycles. The fraction of sp³-hybridized carbons (Fsp3) is 1.00. The first-order chi connectivity index (χ1) is 8.06. The van der Waals surface area contributed by atoms with Gasteiger partial charge in [-0.1, -0.05) is 13.8 Å². The summed E-state index contributed by atoms with van der Waals surface area (Å²) in [5, 5.41) is 3.13. The summed E-state index contributed by atoms with van der Waals surface area (Å²) < 4.78 is 5.22. The summed E-state index contributed by atoms with van der Waals surface area (Å²) in [7, 11) is 6.18. The van der Waals surface area contributed by atoms with E-state index in [9.17, 15) is 0 Å². The van der Waals surface area contributed by atoms with Crippen molar-refractivity contribution in [3.8, 4) is 0 Å². The van der Waals surface area contributed by atoms with Gasteiger partial charge in [-0.25, -0.2) is 0 Å². The lowest BCUT2D eigenvalue weighted by Crippen LogP contribution is -2.39. The van der Waals surface area contributed by atoms with Crippen molar-refractivity contribution in [3.63, 3.8) is 0 Å². The lowest BCUT2D eigenvalue weighted by molar-refractivity contribution is 0.0386. The summed E-state index contributed by atoms with van der Waals surface area (Å²) in [6.45, 7) is 11.9. The van der Waals surface area contributed by atoms with Crippen molar-refractivity contribution in [1.29, 1.82) is 0 Å². The molecule has 1 aliphatic heterocycles. The van der Waals surface area contributed by atoms with Gasteiger partial charge in [-0.2, -0.15) is 0 Å². The van der Waals surface area contributed by atoms with Gasteiger partial charge < -0.3 is 15.0 Å². The Labute approximate surface area is 107 Å². The van der Waals surface area contributed by atoms with Crippen molar-refractivity contribution >= 4 is 0 Å². The van der Waals surface area contributed by atoms with Gasteiger partial charge >= 0.3 is 0 Å². The SMILES string of the molecule is CC(C)CN(C)C.CNCCN1CCOCC1. The molecule has 1 heterocycles. The van der Waals surface area contributed by atoms with Crippen LogP contribution in [0.3, 0.4) is 0 Å². The van der Waals surface area contributed by atoms with Crippen LogP contribution in [0.2, 0.25) is 0 Å². The van der Waals surface area contributed by atoms with Crippen molar-refractivity contribution in [3.05, 3.63) is 0 Å². The molecule has 1 rings (SSSR count). The van der Waals surface area contributed by atoms with Gasteiger partial charge in [0.15, 0.2) is 0 Å². The molecule has 0 amide bonds. The minimum atomic E-state index is 0.801. The van der Waals surface area contributed by atoms with E-state index in [1.165, 1.54) is 6.54 Å². The van der Waals surface area contributed by atoms with Gasteiger partial charge in [0, 0.05) is 26.2 Å². The van der Waals surface area contributed by atoms with Gasteiger partial charge in [0.1, 0.15) is 0 Å². The molecule has 1 saturated heterocycles. The second-order valence-corrected chi connectivity index (χ2v) is 5.21. The Balaban J connectivity index is 0.000000325. The molecule has 0 radical (unpaired) electrons. The quantitative estimate of drug-likeness (QED) is 0.773. The average molecular weight is 245 g/mol. The van der Waals surface area contributed by atoms with Gasteiger partial charge in [0.25, 0.3) is 0 Å². The van der Waals surface area contributed by atoms with Crippen molar-refractivity contribution in [1.82, 2.24) is 15.1 Å². The average Bonchev–Trinajstić information content (AvgIpc) is 2.27. The number of ether oxygens (including phenoxy) is 1. The summed E-state index contributed by atoms with van der Waals surface area (Å²) in [5.41, 5.74) is 0. The smallest absolute Gasteiger partial charge is 0.0594 e. The molecule has 0 spiro atoms. The lowest BCUT2D eigenvalue weighted by Gasteiger charge is -2.26. The number of hydrogen-bond donors (Lipinski definition) is 1. The zero-order valence-electron chi connectivity index (χ0n) is 12.3. The molecule has 0 aromatic rings. The molecule has 17 heavy (non-hydrogen) atoms. The number of hydrogen-bond acceptors (Lipinski definition) is 4. The van der Waals surface area contributed by atoms with Crippen molar-refractivity contribution < 1.29 is 4.74 Å². The van der Waals surface area contributed by atoms with Gasteiger partial charge in [0.2, 0.25) is 0 Å². The van der Waals surface area contributed by atoms with Crippen LogP contribution in [0.1, 0.15) is 13.8 Å². The minimum absolute atomic E-state index is 0.801. The van der Waals surface area contributed by atoms with Crippen LogP contribution in [0.5, 0.6) is 0 Å². The highest BCUT2D eigenvalue weighted by Crippen LogP contribution is 1.94. The summed E-state index contributed by atoms with van der Waals surface area (Å²) in [4.78, 5) is 4.62. The van der Waals surface area contributed by atoms with Crippen LogP contribution >= 0.6 is 0 Å². The highest BCUT2D eigenvalue weighted by Gasteiger charge is 2.07. The molecule has 1 N–H and O–H groups in total. The minimum Gasteiger partial charge on any atom is -0.379 e. The van der Waals surface area contributed by atoms with Crippen LogP contribution in [-0.4, -0.2) is 76.9 Å². The van der Waals surface area contributed by atoms with E-state index in [1.54, 1.807) is 0 Å². The summed E-state index contributed by atoms with van der Waals surface area (Å²) in [5.74, 6) is 0.801. The molecule has 4 nitrogen and oxygen atoms in total. The largest absolute Gasteiger partial charge is 0.379 e. The van der Waals surface area contributed by atoms with E-state index in [0.717, 1.165) is 45.3 Å². The second kappa shape index (κ2) is 11.0. The number of nitrogens with one attached hydrogen (secondary N) is 1. The third kappa shape index (κ3) is 12.1. The van der Waals surface area contributed by atoms with Gasteiger partial charge in [0.05, 0.1) is 13.2 Å². The Bertz CT molecular complexity index is 151. The third-order valence-electron chi connectivity index (χ3n) is 2.51. The monoisotopic (exact) mass is 245 g/mol. The highest BCUT2D eigenvalue weighted by atomic mass is 16.5. The Morgan fingerprint density at radius 1 is 1.24 bits per heavy atom. The summed E-state index contributed by atoms with van der Waals surface area (Å²) in [6.07, 6.45) is 0. The Morgan fingerprint density at radius 3 is 2.18 bits per heavy atom. The first-order valence-corrected chi connectivity index (χ1v) is 6.65. The van der Waals surface area contributed by atoms with E-state index in [-0.39, 0.29) is 0 Å². The van der Waals surface area contributed by atoms with E-state index in [2.05, 4.69) is 43.1 Å². The molecule has 0 unspecified atom stereocenters. The Hall–Kier alpha value is -0.160. The van der Waals surface area contributed by atoms with Crippen LogP contribution in [0.4, 0.5) is 0 Å². The van der Waals surface area contributed by atoms with Crippen molar-refractivity contribution in [2.24, 2.45) is 5.92 Å². The predicted octanol–water partition coefficient (Wildman–Crippen LogP) is 0.742. The van der Waals surface area contributed by atoms with Gasteiger partial charge in [-0.3, -0.25) is 4.90 Å². The molecule has 0 bridgehead atoms. The fourth-order valence-corrected chi connectivity index (χ4v) is 1.82. The van der Waals surface area contributed by atoms with Crippen LogP contribution in [-0.2, 0) is 4.74 Å². The predicted molar refractivity (Wildman–Crippen MR) is 74.6 cm³/mol. The lowest BCUT2D eigenvalue weighted by atomic mass is 10.2. The van der Waals surface area contributed by atoms with Crippen LogP contribution in [0.15, 0.2) is 0 Å². The Kier molecular flexibility index (Phi) is 10.9. The van der Waals surface area contributed by atoms with Crippen molar-refractivity contribution in [2.75, 3.05) is 67.1 Å². The normalized spacial score (nSPS) is 17.1. The standard InChI is InChI=1S/C7H16N2O.C6H15N/c1-8-2-3-9-4-6-10-7-5-9;1-6(2)5-7(3)4/h8H,2-7H2,1H3;6H,5H2,1-4H3. The molecule has 1 aliphatic rings. The second-order valence-electron chi connectivity index (χ2n) is 5.21. The first kappa shape index (κ1) is 16.8. The van der Waals surface area contributed by atoms with E-state index in [1.807, 2.05) is 7.05 Å². The number of nitrogens with zero attached hydrogens (tertiary/aromatic N) is 2. The Morgan fingerprint density at radius 2 is 1.82 bits per heavy atom. The zero-order chi connectivity index (χ0) is 13.1. The zero-order valence-corrected chi connectivity index (χ0v) is 12.3. The summed E-state index contributed by atoms with van der Waals surface area (Å²) >= 11 is 0. The molecule has 4 heteroatoms. The molecule has 104 valence electrons. The maximum atomic E-state index is 5.22. The van der Waals surface area contributed by atoms with E-state index < -0.39 is 0 Å². The molecule has 0 aromatic heterocycles. The molecular weight excluding hydrogens is 214 g/mol. The van der Waals surface area contributed by atoms with Crippen LogP contribution in [0.25, 0.3) is 0 Å². The van der Waals surface area contributed by atoms with Crippen LogP contribution in [0, 0.1) is 5.92 Å². The first-order valence-electron chi connectivity index (χ1n) is 6.65. The van der Waals surface area contributed by atoms with Crippen LogP contribution < -0.4 is 5.32 Å². The summed E-state index contributed by atoms with van der Waals surface area (Å²) in [6, 6.07) is 0. The third-order valence-corrected chi connectivity index (χ3v) is 2.51. The number of morpholine rings is 1. The van der Waals surface area contributed by atoms with Gasteiger partial charge in [-0.05, 0) is 33.6 Å². The molecule has 0 saturated carbocycles. The topological polar surface area (TPSA) is 27.7 Å². The van der Waals surface area contributed by atoms with Gasteiger partial charge in [-0.15, -0.1) is 0 Å². The molecular formula is C13H31N3O.